The van der Waals surface area contributed by atoms with E-state index in [1.54, 1.807) is 0 Å². The topological polar surface area (TPSA) is 52.8 Å². The summed E-state index contributed by atoms with van der Waals surface area (Å²) in [5.41, 5.74) is 0. The second kappa shape index (κ2) is 4.77. The lowest BCUT2D eigenvalue weighted by Crippen LogP contribution is -2.19. The van der Waals surface area contributed by atoms with Gasteiger partial charge in [-0.1, -0.05) is 0 Å². The van der Waals surface area contributed by atoms with Crippen LogP contribution in [0.4, 0.5) is 5.82 Å². The Kier molecular flexibility index (Phi) is 3.65. The Balaban J connectivity index is 2.66. The first-order chi connectivity index (χ1) is 6.24. The largest absolute Gasteiger partial charge is 0.359 e. The lowest BCUT2D eigenvalue weighted by atomic mass is 10.4. The number of anilines is 1. The number of nitriles is 1. The van der Waals surface area contributed by atoms with Gasteiger partial charge in [-0.15, -0.1) is 0 Å². The molecule has 0 spiro atoms. The van der Waals surface area contributed by atoms with Crippen LogP contribution in [-0.2, 0) is 0 Å². The second-order valence-electron chi connectivity index (χ2n) is 2.53. The SMILES string of the molecule is CN(CCC#N)c1cc(Br)ncn1. The number of hydrogen-bond acceptors (Lipinski definition) is 4. The summed E-state index contributed by atoms with van der Waals surface area (Å²) in [7, 11) is 1.89. The van der Waals surface area contributed by atoms with E-state index < -0.39 is 0 Å². The summed E-state index contributed by atoms with van der Waals surface area (Å²) in [6.45, 7) is 0.681. The third-order valence-electron chi connectivity index (χ3n) is 1.57. The van der Waals surface area contributed by atoms with Crippen LogP contribution in [0.5, 0.6) is 0 Å². The third kappa shape index (κ3) is 2.99. The molecule has 68 valence electrons. The van der Waals surface area contributed by atoms with Gasteiger partial charge in [-0.3, -0.25) is 0 Å². The maximum absolute atomic E-state index is 8.40. The molecule has 0 radical (unpaired) electrons. The summed E-state index contributed by atoms with van der Waals surface area (Å²) in [5, 5.41) is 8.40. The Morgan fingerprint density at radius 2 is 2.38 bits per heavy atom. The molecule has 0 N–H and O–H groups in total. The van der Waals surface area contributed by atoms with Gasteiger partial charge in [0.25, 0.3) is 0 Å². The minimum Gasteiger partial charge on any atom is -0.359 e. The van der Waals surface area contributed by atoms with Crippen molar-refractivity contribution in [2.45, 2.75) is 6.42 Å². The van der Waals surface area contributed by atoms with Crippen molar-refractivity contribution in [2.75, 3.05) is 18.5 Å². The Labute approximate surface area is 85.4 Å². The van der Waals surface area contributed by atoms with E-state index in [9.17, 15) is 0 Å². The van der Waals surface area contributed by atoms with Crippen LogP contribution in [0.2, 0.25) is 0 Å². The Hall–Kier alpha value is -1.15. The molecule has 0 atom stereocenters. The quantitative estimate of drug-likeness (QED) is 0.754. The number of rotatable bonds is 3. The minimum absolute atomic E-state index is 0.498. The molecule has 1 aromatic heterocycles. The Morgan fingerprint density at radius 1 is 1.62 bits per heavy atom. The fraction of sp³-hybridized carbons (Fsp3) is 0.375. The van der Waals surface area contributed by atoms with Crippen LogP contribution >= 0.6 is 15.9 Å². The number of aromatic nitrogens is 2. The average Bonchev–Trinajstić information content (AvgIpc) is 2.14. The highest BCUT2D eigenvalue weighted by molar-refractivity contribution is 9.10. The maximum Gasteiger partial charge on any atom is 0.132 e. The first kappa shape index (κ1) is 9.93. The monoisotopic (exact) mass is 240 g/mol. The van der Waals surface area contributed by atoms with Gasteiger partial charge in [-0.25, -0.2) is 9.97 Å². The van der Waals surface area contributed by atoms with Gasteiger partial charge in [0.2, 0.25) is 0 Å². The molecule has 0 bridgehead atoms. The fourth-order valence-corrected chi connectivity index (χ4v) is 1.16. The van der Waals surface area contributed by atoms with Crippen molar-refractivity contribution in [3.05, 3.63) is 17.0 Å². The molecule has 0 saturated heterocycles. The van der Waals surface area contributed by atoms with Gasteiger partial charge >= 0.3 is 0 Å². The third-order valence-corrected chi connectivity index (χ3v) is 2.00. The first-order valence-corrected chi connectivity index (χ1v) is 4.59. The van der Waals surface area contributed by atoms with Crippen LogP contribution in [-0.4, -0.2) is 23.6 Å². The number of halogens is 1. The van der Waals surface area contributed by atoms with Crippen LogP contribution in [0, 0.1) is 11.3 Å². The van der Waals surface area contributed by atoms with Crippen molar-refractivity contribution in [3.8, 4) is 6.07 Å². The van der Waals surface area contributed by atoms with Crippen LogP contribution < -0.4 is 4.90 Å². The summed E-state index contributed by atoms with van der Waals surface area (Å²) in [4.78, 5) is 9.90. The van der Waals surface area contributed by atoms with Crippen LogP contribution in [0.25, 0.3) is 0 Å². The van der Waals surface area contributed by atoms with Gasteiger partial charge in [-0.05, 0) is 15.9 Å². The van der Waals surface area contributed by atoms with Crippen molar-refractivity contribution >= 4 is 21.7 Å². The van der Waals surface area contributed by atoms with E-state index >= 15 is 0 Å². The maximum atomic E-state index is 8.40. The fourth-order valence-electron chi connectivity index (χ4n) is 0.865. The van der Waals surface area contributed by atoms with E-state index in [0.717, 1.165) is 10.4 Å². The lowest BCUT2D eigenvalue weighted by molar-refractivity contribution is 0.877. The van der Waals surface area contributed by atoms with Gasteiger partial charge < -0.3 is 4.90 Å². The van der Waals surface area contributed by atoms with E-state index in [1.807, 2.05) is 18.0 Å². The second-order valence-corrected chi connectivity index (χ2v) is 3.34. The molecule has 0 aliphatic carbocycles. The van der Waals surface area contributed by atoms with Crippen LogP contribution in [0.3, 0.4) is 0 Å². The normalized spacial score (nSPS) is 9.31. The van der Waals surface area contributed by atoms with Crippen molar-refractivity contribution in [3.63, 3.8) is 0 Å². The molecule has 0 unspecified atom stereocenters. The number of hydrogen-bond donors (Lipinski definition) is 0. The molecule has 0 aliphatic heterocycles. The number of nitrogens with zero attached hydrogens (tertiary/aromatic N) is 4. The average molecular weight is 241 g/mol. The molecule has 1 aromatic rings. The van der Waals surface area contributed by atoms with Crippen molar-refractivity contribution < 1.29 is 0 Å². The molecule has 0 aromatic carbocycles. The van der Waals surface area contributed by atoms with Crippen molar-refractivity contribution in [1.29, 1.82) is 5.26 Å². The molecule has 0 fully saturated rings. The first-order valence-electron chi connectivity index (χ1n) is 3.79. The highest BCUT2D eigenvalue weighted by Crippen LogP contribution is 2.12. The molecular formula is C8H9BrN4. The summed E-state index contributed by atoms with van der Waals surface area (Å²) >= 11 is 3.26. The molecular weight excluding hydrogens is 232 g/mol. The standard InChI is InChI=1S/C8H9BrN4/c1-13(4-2-3-10)8-5-7(9)11-6-12-8/h5-6H,2,4H2,1H3. The molecule has 0 saturated carbocycles. The van der Waals surface area contributed by atoms with Crippen molar-refractivity contribution in [2.24, 2.45) is 0 Å². The summed E-state index contributed by atoms with van der Waals surface area (Å²) < 4.78 is 0.751. The highest BCUT2D eigenvalue weighted by Gasteiger charge is 2.01. The molecule has 4 nitrogen and oxygen atoms in total. The summed E-state index contributed by atoms with van der Waals surface area (Å²) in [6.07, 6.45) is 1.99. The molecule has 0 amide bonds. The molecule has 5 heteroatoms. The highest BCUT2D eigenvalue weighted by atomic mass is 79.9. The molecule has 13 heavy (non-hydrogen) atoms. The van der Waals surface area contributed by atoms with Crippen LogP contribution in [0.1, 0.15) is 6.42 Å². The van der Waals surface area contributed by atoms with Gasteiger partial charge in [0.1, 0.15) is 16.7 Å². The zero-order chi connectivity index (χ0) is 9.68. The smallest absolute Gasteiger partial charge is 0.132 e. The van der Waals surface area contributed by atoms with Gasteiger partial charge in [0, 0.05) is 19.7 Å². The zero-order valence-corrected chi connectivity index (χ0v) is 8.82. The Bertz CT molecular complexity index is 320. The summed E-state index contributed by atoms with van der Waals surface area (Å²) in [6, 6.07) is 3.90. The zero-order valence-electron chi connectivity index (χ0n) is 7.24. The van der Waals surface area contributed by atoms with Gasteiger partial charge in [-0.2, -0.15) is 5.26 Å². The van der Waals surface area contributed by atoms with Crippen molar-refractivity contribution in [1.82, 2.24) is 9.97 Å². The minimum atomic E-state index is 0.498. The van der Waals surface area contributed by atoms with Gasteiger partial charge in [0.05, 0.1) is 12.5 Å². The van der Waals surface area contributed by atoms with Crippen LogP contribution in [0.15, 0.2) is 17.0 Å². The molecule has 1 heterocycles. The lowest BCUT2D eigenvalue weighted by Gasteiger charge is -2.15. The van der Waals surface area contributed by atoms with E-state index in [-0.39, 0.29) is 0 Å². The summed E-state index contributed by atoms with van der Waals surface area (Å²) in [5.74, 6) is 0.817. The van der Waals surface area contributed by atoms with E-state index in [1.165, 1.54) is 6.33 Å². The molecule has 1 rings (SSSR count). The Morgan fingerprint density at radius 3 is 3.00 bits per heavy atom. The van der Waals surface area contributed by atoms with E-state index in [4.69, 9.17) is 5.26 Å². The predicted octanol–water partition coefficient (Wildman–Crippen LogP) is 1.59. The van der Waals surface area contributed by atoms with E-state index in [0.29, 0.717) is 13.0 Å². The van der Waals surface area contributed by atoms with Gasteiger partial charge in [0.15, 0.2) is 0 Å². The van der Waals surface area contributed by atoms with E-state index in [2.05, 4.69) is 32.0 Å². The molecule has 0 aliphatic rings. The predicted molar refractivity (Wildman–Crippen MR) is 53.2 cm³/mol.